The van der Waals surface area contributed by atoms with Crippen LogP contribution in [0.2, 0.25) is 0 Å². The molecule has 0 atom stereocenters. The fraction of sp³-hybridized carbons (Fsp3) is 0.407. The molecule has 0 radical (unpaired) electrons. The van der Waals surface area contributed by atoms with E-state index in [1.54, 1.807) is 12.1 Å². The molecule has 3 heterocycles. The third-order valence-corrected chi connectivity index (χ3v) is 6.80. The van der Waals surface area contributed by atoms with Crippen molar-refractivity contribution < 1.29 is 5.11 Å². The van der Waals surface area contributed by atoms with Gasteiger partial charge in [-0.05, 0) is 87.5 Å². The Morgan fingerprint density at radius 1 is 0.971 bits per heavy atom. The van der Waals surface area contributed by atoms with Gasteiger partial charge >= 0.3 is 0 Å². The molecule has 1 saturated carbocycles. The third-order valence-electron chi connectivity index (χ3n) is 6.80. The maximum Gasteiger partial charge on any atom is 0.229 e. The number of nitriles is 1. The number of aliphatic hydroxyl groups excluding tert-OH is 1. The SMILES string of the molecule is N#Cc1ccc(Nc2ncc(-c3ccc(CN4CCCC4)cn3)c(N[C@H]3CC[C@H](O)CC3)n2)cc1. The average molecular weight is 470 g/mol. The van der Waals surface area contributed by atoms with E-state index in [1.165, 1.54) is 18.4 Å². The van der Waals surface area contributed by atoms with E-state index in [2.05, 4.69) is 32.7 Å². The van der Waals surface area contributed by atoms with Crippen molar-refractivity contribution >= 4 is 17.5 Å². The minimum atomic E-state index is -0.212. The van der Waals surface area contributed by atoms with Gasteiger partial charge in [-0.15, -0.1) is 0 Å². The number of aliphatic hydroxyl groups is 1. The summed E-state index contributed by atoms with van der Waals surface area (Å²) < 4.78 is 0. The topological polar surface area (TPSA) is 110 Å². The summed E-state index contributed by atoms with van der Waals surface area (Å²) in [4.78, 5) is 16.6. The van der Waals surface area contributed by atoms with Gasteiger partial charge in [-0.2, -0.15) is 10.2 Å². The molecule has 8 heteroatoms. The van der Waals surface area contributed by atoms with Crippen molar-refractivity contribution in [3.05, 3.63) is 59.9 Å². The van der Waals surface area contributed by atoms with E-state index in [9.17, 15) is 5.11 Å². The van der Waals surface area contributed by atoms with Crippen molar-refractivity contribution in [1.29, 1.82) is 5.26 Å². The Kier molecular flexibility index (Phi) is 7.17. The molecule has 0 spiro atoms. The Morgan fingerprint density at radius 3 is 2.43 bits per heavy atom. The van der Waals surface area contributed by atoms with Gasteiger partial charge in [-0.25, -0.2) is 4.98 Å². The molecular formula is C27H31N7O. The van der Waals surface area contributed by atoms with E-state index in [-0.39, 0.29) is 12.1 Å². The van der Waals surface area contributed by atoms with Gasteiger partial charge in [0.25, 0.3) is 0 Å². The van der Waals surface area contributed by atoms with Crippen molar-refractivity contribution in [2.45, 2.75) is 57.2 Å². The molecule has 1 aromatic carbocycles. The van der Waals surface area contributed by atoms with Crippen LogP contribution in [0.15, 0.2) is 48.8 Å². The number of hydrogen-bond donors (Lipinski definition) is 3. The zero-order valence-corrected chi connectivity index (χ0v) is 19.8. The summed E-state index contributed by atoms with van der Waals surface area (Å²) in [5.41, 5.74) is 4.32. The Balaban J connectivity index is 1.38. The summed E-state index contributed by atoms with van der Waals surface area (Å²) in [5, 5.41) is 25.8. The monoisotopic (exact) mass is 469 g/mol. The molecule has 3 N–H and O–H groups in total. The summed E-state index contributed by atoms with van der Waals surface area (Å²) >= 11 is 0. The number of likely N-dealkylation sites (tertiary alicyclic amines) is 1. The molecule has 0 unspecified atom stereocenters. The number of hydrogen-bond acceptors (Lipinski definition) is 8. The van der Waals surface area contributed by atoms with E-state index in [1.807, 2.05) is 30.6 Å². The van der Waals surface area contributed by atoms with Gasteiger partial charge in [-0.3, -0.25) is 9.88 Å². The molecule has 1 aliphatic heterocycles. The first-order valence-electron chi connectivity index (χ1n) is 12.4. The lowest BCUT2D eigenvalue weighted by molar-refractivity contribution is 0.126. The Labute approximate surface area is 206 Å². The van der Waals surface area contributed by atoms with Crippen LogP contribution in [0.3, 0.4) is 0 Å². The highest BCUT2D eigenvalue weighted by Gasteiger charge is 2.22. The molecule has 180 valence electrons. The number of aromatic nitrogens is 3. The minimum absolute atomic E-state index is 0.212. The molecule has 5 rings (SSSR count). The predicted octanol–water partition coefficient (Wildman–Crippen LogP) is 4.47. The third kappa shape index (κ3) is 5.94. The fourth-order valence-corrected chi connectivity index (χ4v) is 4.79. The number of anilines is 3. The molecule has 1 aliphatic carbocycles. The number of rotatable bonds is 7. The summed E-state index contributed by atoms with van der Waals surface area (Å²) in [7, 11) is 0. The lowest BCUT2D eigenvalue weighted by atomic mass is 9.93. The molecule has 2 aromatic heterocycles. The van der Waals surface area contributed by atoms with Crippen LogP contribution in [0.25, 0.3) is 11.3 Å². The second kappa shape index (κ2) is 10.8. The van der Waals surface area contributed by atoms with Crippen molar-refractivity contribution in [3.63, 3.8) is 0 Å². The van der Waals surface area contributed by atoms with Crippen LogP contribution in [0, 0.1) is 11.3 Å². The van der Waals surface area contributed by atoms with Crippen LogP contribution in [0.1, 0.15) is 49.7 Å². The largest absolute Gasteiger partial charge is 0.393 e. The first kappa shape index (κ1) is 23.2. The van der Waals surface area contributed by atoms with Gasteiger partial charge in [0.15, 0.2) is 0 Å². The van der Waals surface area contributed by atoms with Gasteiger partial charge in [0, 0.05) is 30.7 Å². The first-order valence-corrected chi connectivity index (χ1v) is 12.4. The number of nitrogens with one attached hydrogen (secondary N) is 2. The van der Waals surface area contributed by atoms with Crippen molar-refractivity contribution in [1.82, 2.24) is 19.9 Å². The highest BCUT2D eigenvalue weighted by atomic mass is 16.3. The normalized spacial score (nSPS) is 20.3. The predicted molar refractivity (Wildman–Crippen MR) is 136 cm³/mol. The van der Waals surface area contributed by atoms with Gasteiger partial charge in [-0.1, -0.05) is 6.07 Å². The molecule has 2 fully saturated rings. The molecule has 35 heavy (non-hydrogen) atoms. The molecule has 1 saturated heterocycles. The average Bonchev–Trinajstić information content (AvgIpc) is 3.40. The van der Waals surface area contributed by atoms with Crippen LogP contribution in [0.5, 0.6) is 0 Å². The Morgan fingerprint density at radius 2 is 1.74 bits per heavy atom. The Bertz CT molecular complexity index is 1160. The second-order valence-electron chi connectivity index (χ2n) is 9.45. The standard InChI is InChI=1S/C27H31N7O/c28-15-19-3-6-22(7-4-19)32-27-30-17-24(26(33-27)31-21-8-10-23(35)11-9-21)25-12-5-20(16-29-25)18-34-13-1-2-14-34/h3-7,12,16-17,21,23,35H,1-2,8-11,13-14,18H2,(H2,30,31,32,33)/t21-,23-. The van der Waals surface area contributed by atoms with E-state index < -0.39 is 0 Å². The minimum Gasteiger partial charge on any atom is -0.393 e. The van der Waals surface area contributed by atoms with Crippen LogP contribution >= 0.6 is 0 Å². The number of pyridine rings is 1. The van der Waals surface area contributed by atoms with Crippen LogP contribution in [0.4, 0.5) is 17.5 Å². The van der Waals surface area contributed by atoms with Crippen molar-refractivity contribution in [2.75, 3.05) is 23.7 Å². The smallest absolute Gasteiger partial charge is 0.229 e. The second-order valence-corrected chi connectivity index (χ2v) is 9.45. The highest BCUT2D eigenvalue weighted by Crippen LogP contribution is 2.30. The van der Waals surface area contributed by atoms with E-state index in [0.29, 0.717) is 11.5 Å². The molecular weight excluding hydrogens is 438 g/mol. The molecule has 3 aromatic rings. The molecule has 8 nitrogen and oxygen atoms in total. The quantitative estimate of drug-likeness (QED) is 0.465. The van der Waals surface area contributed by atoms with Crippen molar-refractivity contribution in [3.8, 4) is 17.3 Å². The van der Waals surface area contributed by atoms with Gasteiger partial charge in [0.05, 0.1) is 29.0 Å². The Hall–Kier alpha value is -3.54. The highest BCUT2D eigenvalue weighted by molar-refractivity contribution is 5.73. The van der Waals surface area contributed by atoms with Crippen LogP contribution in [-0.2, 0) is 6.54 Å². The van der Waals surface area contributed by atoms with Crippen molar-refractivity contribution in [2.24, 2.45) is 0 Å². The fourth-order valence-electron chi connectivity index (χ4n) is 4.79. The lowest BCUT2D eigenvalue weighted by Gasteiger charge is -2.27. The van der Waals surface area contributed by atoms with Crippen LogP contribution < -0.4 is 10.6 Å². The van der Waals surface area contributed by atoms with Gasteiger partial charge in [0.2, 0.25) is 5.95 Å². The van der Waals surface area contributed by atoms with Crippen LogP contribution in [-0.4, -0.2) is 50.2 Å². The van der Waals surface area contributed by atoms with E-state index in [0.717, 1.165) is 68.1 Å². The summed E-state index contributed by atoms with van der Waals surface area (Å²) in [5.74, 6) is 1.21. The zero-order chi connectivity index (χ0) is 24.0. The maximum atomic E-state index is 9.90. The molecule has 2 aliphatic rings. The van der Waals surface area contributed by atoms with Gasteiger partial charge < -0.3 is 15.7 Å². The molecule has 0 amide bonds. The van der Waals surface area contributed by atoms with E-state index in [4.69, 9.17) is 15.2 Å². The summed E-state index contributed by atoms with van der Waals surface area (Å²) in [6.45, 7) is 3.26. The summed E-state index contributed by atoms with van der Waals surface area (Å²) in [6.07, 6.45) is 9.47. The zero-order valence-electron chi connectivity index (χ0n) is 19.8. The number of benzene rings is 1. The van der Waals surface area contributed by atoms with E-state index >= 15 is 0 Å². The molecule has 0 bridgehead atoms. The lowest BCUT2D eigenvalue weighted by Crippen LogP contribution is -2.29. The maximum absolute atomic E-state index is 9.90. The van der Waals surface area contributed by atoms with Gasteiger partial charge in [0.1, 0.15) is 5.82 Å². The summed E-state index contributed by atoms with van der Waals surface area (Å²) in [6, 6.07) is 13.8. The number of nitrogens with zero attached hydrogens (tertiary/aromatic N) is 5. The first-order chi connectivity index (χ1) is 17.2.